The summed E-state index contributed by atoms with van der Waals surface area (Å²) in [7, 11) is -10.1. The van der Waals surface area contributed by atoms with Crippen molar-refractivity contribution >= 4 is 55.6 Å². The minimum Gasteiger partial charge on any atom is -0.394 e. The largest absolute Gasteiger partial charge is 0.472 e. The van der Waals surface area contributed by atoms with Crippen molar-refractivity contribution in [2.75, 3.05) is 37.0 Å². The molecule has 5 aromatic rings. The van der Waals surface area contributed by atoms with Crippen molar-refractivity contribution in [2.45, 2.75) is 74.6 Å². The van der Waals surface area contributed by atoms with Gasteiger partial charge in [0.2, 0.25) is 5.95 Å². The molecule has 28 nitrogen and oxygen atoms in total. The third-order valence-electron chi connectivity index (χ3n) is 9.71. The molecule has 0 bridgehead atoms. The molecule has 3 aliphatic heterocycles. The van der Waals surface area contributed by atoms with Crippen LogP contribution in [0.2, 0.25) is 0 Å². The zero-order valence-electron chi connectivity index (χ0n) is 30.3. The van der Waals surface area contributed by atoms with E-state index >= 15 is 0 Å². The number of fused-ring (bicyclic) bond motifs is 2. The Morgan fingerprint density at radius 2 is 1.37 bits per heavy atom. The lowest BCUT2D eigenvalue weighted by Crippen LogP contribution is -2.31. The fraction of sp³-hybridized carbons (Fsp3) is 0.517. The lowest BCUT2D eigenvalue weighted by molar-refractivity contribution is -0.0605. The fourth-order valence-electron chi connectivity index (χ4n) is 6.93. The predicted molar refractivity (Wildman–Crippen MR) is 195 cm³/mol. The van der Waals surface area contributed by atoms with Gasteiger partial charge < -0.3 is 51.4 Å². The van der Waals surface area contributed by atoms with Gasteiger partial charge in [-0.25, -0.2) is 33.9 Å². The molecule has 0 aliphatic carbocycles. The predicted octanol–water partition coefficient (Wildman–Crippen LogP) is -1.82. The van der Waals surface area contributed by atoms with Crippen LogP contribution in [0.5, 0.6) is 0 Å². The quantitative estimate of drug-likeness (QED) is 0.0570. The Hall–Kier alpha value is -4.80. The molecule has 0 radical (unpaired) electrons. The highest BCUT2D eigenvalue weighted by Gasteiger charge is 2.46. The lowest BCUT2D eigenvalue weighted by Gasteiger charge is -2.24. The average molecular weight is 870 g/mol. The van der Waals surface area contributed by atoms with Crippen LogP contribution in [0.1, 0.15) is 37.9 Å². The van der Waals surface area contributed by atoms with Crippen molar-refractivity contribution in [3.63, 3.8) is 0 Å². The average Bonchev–Trinajstić information content (AvgIpc) is 4.00. The standard InChI is InChI=1S/C29H37N13O15P2/c30-18-1-2-40(29(46)37-18)19-3-12(44)16(54-19)7-51-58(47,48)57-14-5-21(42-11-36-23-26(42)38-28(32)39-27(23)45)55-17(14)8-52-59(49,50)56-13-4-20(53-15(13)6-43)41-10-35-22-24(31)33-9-34-25(22)41/h1-2,9-17,19-21,43-44H,3-8H2,(H,47,48)(H,49,50)(H2,30,37,46)(H2,31,33,34)(H3,32,38,39,45)/t12-,13-,14-,15+,16+,17+,19+,20+,21+/m0/s1. The highest BCUT2D eigenvalue weighted by atomic mass is 31.2. The maximum Gasteiger partial charge on any atom is 0.472 e. The number of hydrogen-bond donors (Lipinski definition) is 8. The van der Waals surface area contributed by atoms with E-state index in [0.717, 1.165) is 4.57 Å². The van der Waals surface area contributed by atoms with E-state index in [1.807, 2.05) is 0 Å². The number of imidazole rings is 2. The number of nitrogens with zero attached hydrogens (tertiary/aromatic N) is 9. The minimum atomic E-state index is -5.06. The van der Waals surface area contributed by atoms with E-state index in [1.165, 1.54) is 40.4 Å². The van der Waals surface area contributed by atoms with Gasteiger partial charge in [0.1, 0.15) is 66.9 Å². The van der Waals surface area contributed by atoms with E-state index in [1.54, 1.807) is 0 Å². The van der Waals surface area contributed by atoms with Crippen molar-refractivity contribution in [3.8, 4) is 0 Å². The highest BCUT2D eigenvalue weighted by molar-refractivity contribution is 7.47. The molecular weight excluding hydrogens is 832 g/mol. The SMILES string of the molecule is Nc1ccn([C@H]2C[C@H](O)[C@@H](COP(=O)(O)O[C@H]3C[C@H](n4cnc5c(=O)[nH]c(N)nc54)O[C@@H]3COP(=O)(O)O[C@H]3C[C@H](n4cnc5c(N)ncnc54)O[C@@H]3CO)O2)c(=O)n1. The van der Waals surface area contributed by atoms with Crippen molar-refractivity contribution in [1.82, 2.24) is 48.6 Å². The van der Waals surface area contributed by atoms with Crippen LogP contribution in [-0.4, -0.2) is 125 Å². The topological polar surface area (TPSA) is 400 Å². The Morgan fingerprint density at radius 3 is 2.05 bits per heavy atom. The molecule has 5 aromatic heterocycles. The summed E-state index contributed by atoms with van der Waals surface area (Å²) >= 11 is 0. The van der Waals surface area contributed by atoms with Crippen molar-refractivity contribution in [3.05, 3.63) is 52.1 Å². The number of H-pyrrole nitrogens is 1. The molecule has 11 N–H and O–H groups in total. The number of aliphatic hydroxyl groups is 2. The number of hydrogen-bond acceptors (Lipinski definition) is 22. The third-order valence-corrected chi connectivity index (χ3v) is 11.7. The first-order valence-electron chi connectivity index (χ1n) is 17.6. The van der Waals surface area contributed by atoms with Crippen molar-refractivity contribution < 1.29 is 61.4 Å². The van der Waals surface area contributed by atoms with E-state index in [2.05, 4.69) is 34.9 Å². The summed E-state index contributed by atoms with van der Waals surface area (Å²) in [5.74, 6) is -0.146. The third kappa shape index (κ3) is 8.49. The number of nitrogen functional groups attached to an aromatic ring is 3. The number of aromatic nitrogens is 10. The molecule has 2 unspecified atom stereocenters. The summed E-state index contributed by atoms with van der Waals surface area (Å²) in [6.07, 6.45) is -5.76. The molecule has 3 saturated heterocycles. The van der Waals surface area contributed by atoms with Crippen LogP contribution in [0.4, 0.5) is 17.6 Å². The van der Waals surface area contributed by atoms with Gasteiger partial charge in [-0.2, -0.15) is 9.97 Å². The second kappa shape index (κ2) is 16.0. The van der Waals surface area contributed by atoms with Crippen LogP contribution in [0.3, 0.4) is 0 Å². The van der Waals surface area contributed by atoms with Crippen molar-refractivity contribution in [1.29, 1.82) is 0 Å². The number of rotatable bonds is 14. The second-order valence-electron chi connectivity index (χ2n) is 13.6. The summed E-state index contributed by atoms with van der Waals surface area (Å²) in [6, 6.07) is 1.35. The van der Waals surface area contributed by atoms with Crippen LogP contribution in [0, 0.1) is 0 Å². The first-order valence-corrected chi connectivity index (χ1v) is 20.6. The molecule has 0 amide bonds. The summed E-state index contributed by atoms with van der Waals surface area (Å²) in [5, 5.41) is 20.6. The van der Waals surface area contributed by atoms with E-state index in [-0.39, 0.29) is 48.0 Å². The van der Waals surface area contributed by atoms with Gasteiger partial charge in [-0.1, -0.05) is 0 Å². The summed E-state index contributed by atoms with van der Waals surface area (Å²) in [4.78, 5) is 72.8. The molecule has 3 fully saturated rings. The Kier molecular flexibility index (Phi) is 11.1. The molecule has 0 aromatic carbocycles. The van der Waals surface area contributed by atoms with Gasteiger partial charge in [-0.15, -0.1) is 0 Å². The Balaban J connectivity index is 0.956. The number of nitrogens with one attached hydrogen (secondary N) is 1. The molecule has 11 atom stereocenters. The summed E-state index contributed by atoms with van der Waals surface area (Å²) in [5.41, 5.74) is 16.2. The molecule has 59 heavy (non-hydrogen) atoms. The van der Waals surface area contributed by atoms with E-state index in [0.29, 0.717) is 11.2 Å². The van der Waals surface area contributed by atoms with Gasteiger partial charge in [-0.05, 0) is 6.07 Å². The van der Waals surface area contributed by atoms with Gasteiger partial charge in [0.05, 0.1) is 38.6 Å². The van der Waals surface area contributed by atoms with Crippen LogP contribution in [-0.2, 0) is 41.4 Å². The van der Waals surface area contributed by atoms with Crippen molar-refractivity contribution in [2.24, 2.45) is 0 Å². The minimum absolute atomic E-state index is 0.0147. The first kappa shape index (κ1) is 41.0. The van der Waals surface area contributed by atoms with Gasteiger partial charge in [0.25, 0.3) is 5.56 Å². The van der Waals surface area contributed by atoms with Crippen LogP contribution < -0.4 is 28.5 Å². The van der Waals surface area contributed by atoms with Gasteiger partial charge in [-0.3, -0.25) is 41.6 Å². The number of anilines is 3. The first-order chi connectivity index (χ1) is 28.1. The Labute approximate surface area is 329 Å². The Morgan fingerprint density at radius 1 is 0.780 bits per heavy atom. The fourth-order valence-corrected chi connectivity index (χ4v) is 8.85. The zero-order chi connectivity index (χ0) is 41.8. The van der Waals surface area contributed by atoms with Gasteiger partial charge in [0.15, 0.2) is 22.6 Å². The molecule has 0 spiro atoms. The maximum atomic E-state index is 13.4. The Bertz CT molecular complexity index is 2570. The van der Waals surface area contributed by atoms with E-state index < -0.39 is 102 Å². The monoisotopic (exact) mass is 869 g/mol. The summed E-state index contributed by atoms with van der Waals surface area (Å²) in [6.45, 7) is -2.07. The highest BCUT2D eigenvalue weighted by Crippen LogP contribution is 2.52. The maximum absolute atomic E-state index is 13.4. The number of nitrogens with two attached hydrogens (primary N) is 3. The number of aliphatic hydroxyl groups excluding tert-OH is 2. The number of phosphoric ester groups is 2. The number of phosphoric acid groups is 2. The van der Waals surface area contributed by atoms with Crippen LogP contribution in [0.25, 0.3) is 22.3 Å². The van der Waals surface area contributed by atoms with Crippen LogP contribution >= 0.6 is 15.6 Å². The number of ether oxygens (including phenoxy) is 3. The van der Waals surface area contributed by atoms with E-state index in [9.17, 15) is 38.7 Å². The van der Waals surface area contributed by atoms with Gasteiger partial charge in [0, 0.05) is 25.5 Å². The molecule has 318 valence electrons. The molecular formula is C29H37N13O15P2. The molecule has 8 heterocycles. The summed E-state index contributed by atoms with van der Waals surface area (Å²) < 4.78 is 69.7. The normalized spacial score (nSPS) is 29.3. The van der Waals surface area contributed by atoms with Gasteiger partial charge >= 0.3 is 21.3 Å². The van der Waals surface area contributed by atoms with E-state index in [4.69, 9.17) is 49.5 Å². The number of aromatic amines is 1. The smallest absolute Gasteiger partial charge is 0.394 e. The van der Waals surface area contributed by atoms with Crippen LogP contribution in [0.15, 0.2) is 40.8 Å². The lowest BCUT2D eigenvalue weighted by atomic mass is 10.2. The zero-order valence-corrected chi connectivity index (χ0v) is 32.0. The molecule has 3 aliphatic rings. The molecule has 30 heteroatoms. The second-order valence-corrected chi connectivity index (χ2v) is 16.4. The molecule has 0 saturated carbocycles. The molecule has 8 rings (SSSR count).